The Kier molecular flexibility index (Phi) is 5.65. The molecule has 6 nitrogen and oxygen atoms in total. The van der Waals surface area contributed by atoms with Gasteiger partial charge in [-0.3, -0.25) is 10.1 Å². The van der Waals surface area contributed by atoms with E-state index in [1.54, 1.807) is 16.4 Å². The number of nitrogens with one attached hydrogen (secondary N) is 1. The molecule has 0 aliphatic carbocycles. The van der Waals surface area contributed by atoms with E-state index >= 15 is 0 Å². The standard InChI is InChI=1S/C22H25N3O3S2/c1-14-5-4-10-25(13-14)30(27,28)18-8-6-17(7-9-18)21(26)24-22-23-19-11-15(2)16(3)12-20(19)29-22/h6-9,11-12,14H,4-5,10,13H2,1-3H3,(H,23,24,26). The van der Waals surface area contributed by atoms with Crippen LogP contribution in [0.2, 0.25) is 0 Å². The molecular formula is C22H25N3O3S2. The van der Waals surface area contributed by atoms with E-state index in [1.165, 1.54) is 29.0 Å². The highest BCUT2D eigenvalue weighted by Gasteiger charge is 2.28. The molecule has 0 radical (unpaired) electrons. The average molecular weight is 444 g/mol. The van der Waals surface area contributed by atoms with Crippen LogP contribution in [0.25, 0.3) is 10.2 Å². The Labute approximate surface area is 181 Å². The van der Waals surface area contributed by atoms with Gasteiger partial charge in [-0.25, -0.2) is 13.4 Å². The molecule has 1 amide bonds. The lowest BCUT2D eigenvalue weighted by Gasteiger charge is -2.30. The van der Waals surface area contributed by atoms with Crippen LogP contribution >= 0.6 is 11.3 Å². The summed E-state index contributed by atoms with van der Waals surface area (Å²) in [6.07, 6.45) is 1.93. The van der Waals surface area contributed by atoms with Crippen LogP contribution in [0.3, 0.4) is 0 Å². The zero-order valence-electron chi connectivity index (χ0n) is 17.3. The molecular weight excluding hydrogens is 418 g/mol. The maximum atomic E-state index is 12.9. The molecule has 3 aromatic rings. The summed E-state index contributed by atoms with van der Waals surface area (Å²) in [6.45, 7) is 7.24. The number of carbonyl (C=O) groups excluding carboxylic acids is 1. The zero-order valence-corrected chi connectivity index (χ0v) is 18.9. The van der Waals surface area contributed by atoms with Crippen LogP contribution in [0.4, 0.5) is 5.13 Å². The Morgan fingerprint density at radius 3 is 2.57 bits per heavy atom. The fraction of sp³-hybridized carbons (Fsp3) is 0.364. The van der Waals surface area contributed by atoms with Crippen molar-refractivity contribution in [3.63, 3.8) is 0 Å². The fourth-order valence-electron chi connectivity index (χ4n) is 3.69. The Morgan fingerprint density at radius 2 is 1.87 bits per heavy atom. The first kappa shape index (κ1) is 21.0. The first-order chi connectivity index (χ1) is 14.2. The lowest BCUT2D eigenvalue weighted by atomic mass is 10.0. The smallest absolute Gasteiger partial charge is 0.257 e. The number of aryl methyl sites for hydroxylation is 2. The van der Waals surface area contributed by atoms with Crippen molar-refractivity contribution in [3.8, 4) is 0 Å². The van der Waals surface area contributed by atoms with E-state index in [4.69, 9.17) is 0 Å². The number of thiazole rings is 1. The quantitative estimate of drug-likeness (QED) is 0.640. The number of amides is 1. The van der Waals surface area contributed by atoms with Gasteiger partial charge < -0.3 is 0 Å². The highest BCUT2D eigenvalue weighted by atomic mass is 32.2. The van der Waals surface area contributed by atoms with Crippen molar-refractivity contribution in [1.29, 1.82) is 0 Å². The maximum absolute atomic E-state index is 12.9. The van der Waals surface area contributed by atoms with Gasteiger partial charge in [0.2, 0.25) is 10.0 Å². The van der Waals surface area contributed by atoms with E-state index < -0.39 is 10.0 Å². The summed E-state index contributed by atoms with van der Waals surface area (Å²) in [7, 11) is -3.53. The summed E-state index contributed by atoms with van der Waals surface area (Å²) in [5, 5.41) is 3.35. The van der Waals surface area contributed by atoms with Crippen LogP contribution in [0.5, 0.6) is 0 Å². The number of sulfonamides is 1. The highest BCUT2D eigenvalue weighted by molar-refractivity contribution is 7.89. The van der Waals surface area contributed by atoms with Crippen molar-refractivity contribution in [1.82, 2.24) is 9.29 Å². The number of nitrogens with zero attached hydrogens (tertiary/aromatic N) is 2. The number of anilines is 1. The largest absolute Gasteiger partial charge is 0.298 e. The van der Waals surface area contributed by atoms with E-state index in [2.05, 4.69) is 23.3 Å². The predicted octanol–water partition coefficient (Wildman–Crippen LogP) is 4.59. The lowest BCUT2D eigenvalue weighted by Crippen LogP contribution is -2.39. The number of hydrogen-bond donors (Lipinski definition) is 1. The number of rotatable bonds is 4. The molecule has 1 aromatic heterocycles. The van der Waals surface area contributed by atoms with E-state index in [0.29, 0.717) is 29.7 Å². The van der Waals surface area contributed by atoms with Crippen LogP contribution < -0.4 is 5.32 Å². The number of benzene rings is 2. The van der Waals surface area contributed by atoms with Gasteiger partial charge in [0.05, 0.1) is 15.1 Å². The SMILES string of the molecule is Cc1cc2nc(NC(=O)c3ccc(S(=O)(=O)N4CCCC(C)C4)cc3)sc2cc1C. The minimum atomic E-state index is -3.53. The van der Waals surface area contributed by atoms with Crippen LogP contribution in [-0.4, -0.2) is 36.7 Å². The van der Waals surface area contributed by atoms with Crippen LogP contribution in [0.15, 0.2) is 41.3 Å². The zero-order chi connectivity index (χ0) is 21.5. The Bertz CT molecular complexity index is 1160. The first-order valence-electron chi connectivity index (χ1n) is 10.0. The van der Waals surface area contributed by atoms with Crippen molar-refractivity contribution in [3.05, 3.63) is 53.1 Å². The van der Waals surface area contributed by atoms with E-state index in [-0.39, 0.29) is 10.8 Å². The predicted molar refractivity (Wildman–Crippen MR) is 121 cm³/mol. The van der Waals surface area contributed by atoms with E-state index in [0.717, 1.165) is 28.6 Å². The minimum absolute atomic E-state index is 0.221. The molecule has 1 fully saturated rings. The first-order valence-corrected chi connectivity index (χ1v) is 12.3. The molecule has 1 aliphatic rings. The van der Waals surface area contributed by atoms with Crippen LogP contribution in [0.1, 0.15) is 41.3 Å². The van der Waals surface area contributed by atoms with Gasteiger partial charge in [0, 0.05) is 18.7 Å². The van der Waals surface area contributed by atoms with Gasteiger partial charge >= 0.3 is 0 Å². The molecule has 2 aromatic carbocycles. The summed E-state index contributed by atoms with van der Waals surface area (Å²) >= 11 is 1.42. The minimum Gasteiger partial charge on any atom is -0.298 e. The average Bonchev–Trinajstić information content (AvgIpc) is 3.09. The molecule has 1 aliphatic heterocycles. The second-order valence-corrected chi connectivity index (χ2v) is 11.0. The van der Waals surface area contributed by atoms with Gasteiger partial charge in [-0.15, -0.1) is 0 Å². The second kappa shape index (κ2) is 8.09. The van der Waals surface area contributed by atoms with Gasteiger partial charge in [0.25, 0.3) is 5.91 Å². The fourth-order valence-corrected chi connectivity index (χ4v) is 6.23. The molecule has 1 N–H and O–H groups in total. The molecule has 0 bridgehead atoms. The molecule has 4 rings (SSSR count). The number of carbonyl (C=O) groups is 1. The van der Waals surface area contributed by atoms with Gasteiger partial charge in [-0.2, -0.15) is 4.31 Å². The molecule has 0 saturated carbocycles. The Balaban J connectivity index is 1.50. The molecule has 30 heavy (non-hydrogen) atoms. The number of hydrogen-bond acceptors (Lipinski definition) is 5. The van der Waals surface area contributed by atoms with Crippen molar-refractivity contribution in [2.75, 3.05) is 18.4 Å². The van der Waals surface area contributed by atoms with Gasteiger partial charge in [-0.05, 0) is 80.1 Å². The molecule has 0 spiro atoms. The van der Waals surface area contributed by atoms with Crippen LogP contribution in [0, 0.1) is 19.8 Å². The summed E-state index contributed by atoms with van der Waals surface area (Å²) in [5.74, 6) is 0.0537. The monoisotopic (exact) mass is 443 g/mol. The Hall–Kier alpha value is -2.29. The van der Waals surface area contributed by atoms with Crippen molar-refractivity contribution in [2.24, 2.45) is 5.92 Å². The lowest BCUT2D eigenvalue weighted by molar-refractivity contribution is 0.102. The van der Waals surface area contributed by atoms with Gasteiger partial charge in [-0.1, -0.05) is 18.3 Å². The number of fused-ring (bicyclic) bond motifs is 1. The van der Waals surface area contributed by atoms with E-state index in [1.807, 2.05) is 19.9 Å². The van der Waals surface area contributed by atoms with Crippen molar-refractivity contribution in [2.45, 2.75) is 38.5 Å². The normalized spacial score (nSPS) is 17.9. The number of aromatic nitrogens is 1. The third-order valence-corrected chi connectivity index (χ3v) is 8.41. The topological polar surface area (TPSA) is 79.4 Å². The van der Waals surface area contributed by atoms with Crippen molar-refractivity contribution < 1.29 is 13.2 Å². The highest BCUT2D eigenvalue weighted by Crippen LogP contribution is 2.29. The summed E-state index contributed by atoms with van der Waals surface area (Å²) in [6, 6.07) is 10.2. The summed E-state index contributed by atoms with van der Waals surface area (Å²) in [5.41, 5.74) is 3.60. The molecule has 8 heteroatoms. The Morgan fingerprint density at radius 1 is 1.17 bits per heavy atom. The van der Waals surface area contributed by atoms with Gasteiger partial charge in [0.1, 0.15) is 0 Å². The van der Waals surface area contributed by atoms with Gasteiger partial charge in [0.15, 0.2) is 5.13 Å². The third kappa shape index (κ3) is 4.12. The second-order valence-electron chi connectivity index (χ2n) is 8.01. The summed E-state index contributed by atoms with van der Waals surface area (Å²) < 4.78 is 28.3. The molecule has 2 heterocycles. The molecule has 1 atom stereocenters. The summed E-state index contributed by atoms with van der Waals surface area (Å²) in [4.78, 5) is 17.3. The molecule has 158 valence electrons. The van der Waals surface area contributed by atoms with Crippen molar-refractivity contribution >= 4 is 42.6 Å². The van der Waals surface area contributed by atoms with Crippen LogP contribution in [-0.2, 0) is 10.0 Å². The third-order valence-electron chi connectivity index (χ3n) is 5.60. The van der Waals surface area contributed by atoms with E-state index in [9.17, 15) is 13.2 Å². The molecule has 1 saturated heterocycles. The number of piperidine rings is 1. The molecule has 1 unspecified atom stereocenters. The maximum Gasteiger partial charge on any atom is 0.257 e.